The molecule has 2 rings (SSSR count). The molecule has 1 heterocycles. The first-order valence-electron chi connectivity index (χ1n) is 7.96. The summed E-state index contributed by atoms with van der Waals surface area (Å²) in [6.45, 7) is 1.38. The molecule has 2 N–H and O–H groups in total. The van der Waals surface area contributed by atoms with E-state index in [9.17, 15) is 9.59 Å². The Morgan fingerprint density at radius 1 is 1.17 bits per heavy atom. The largest absolute Gasteiger partial charge is 0.491 e. The minimum absolute atomic E-state index is 0.112. The van der Waals surface area contributed by atoms with E-state index in [1.807, 2.05) is 30.3 Å². The van der Waals surface area contributed by atoms with E-state index in [0.717, 1.165) is 5.75 Å². The van der Waals surface area contributed by atoms with Crippen LogP contribution in [-0.4, -0.2) is 55.6 Å². The first-order chi connectivity index (χ1) is 11.6. The lowest BCUT2D eigenvalue weighted by molar-refractivity contribution is -0.141. The molecule has 0 aliphatic carbocycles. The molecule has 1 fully saturated rings. The highest BCUT2D eigenvalue weighted by Crippen LogP contribution is 2.24. The Hall–Kier alpha value is -2.12. The Labute approximate surface area is 140 Å². The fraction of sp³-hybridized carbons (Fsp3) is 0.529. The molecule has 0 saturated carbocycles. The van der Waals surface area contributed by atoms with Crippen molar-refractivity contribution in [1.82, 2.24) is 5.32 Å². The number of ether oxygens (including phenoxy) is 3. The molecule has 132 valence electrons. The average Bonchev–Trinajstić information content (AvgIpc) is 2.55. The van der Waals surface area contributed by atoms with Gasteiger partial charge in [-0.05, 0) is 25.0 Å². The summed E-state index contributed by atoms with van der Waals surface area (Å²) in [4.78, 5) is 23.1. The Bertz CT molecular complexity index is 527. The average molecular weight is 337 g/mol. The zero-order valence-electron chi connectivity index (χ0n) is 13.5. The molecule has 1 aromatic rings. The van der Waals surface area contributed by atoms with Gasteiger partial charge >= 0.3 is 5.97 Å². The van der Waals surface area contributed by atoms with Crippen molar-refractivity contribution in [2.45, 2.75) is 24.8 Å². The number of carbonyl (C=O) groups is 2. The van der Waals surface area contributed by atoms with Crippen LogP contribution in [0.4, 0.5) is 0 Å². The van der Waals surface area contributed by atoms with E-state index < -0.39 is 11.5 Å². The van der Waals surface area contributed by atoms with Gasteiger partial charge in [-0.2, -0.15) is 0 Å². The Kier molecular flexibility index (Phi) is 7.02. The van der Waals surface area contributed by atoms with Crippen LogP contribution in [0.15, 0.2) is 30.3 Å². The van der Waals surface area contributed by atoms with Crippen LogP contribution in [0.25, 0.3) is 0 Å². The number of benzene rings is 1. The maximum absolute atomic E-state index is 12.0. The third-order valence-electron chi connectivity index (χ3n) is 3.82. The molecule has 0 atom stereocenters. The third-order valence-corrected chi connectivity index (χ3v) is 3.82. The summed E-state index contributed by atoms with van der Waals surface area (Å²) in [6, 6.07) is 9.33. The minimum Gasteiger partial charge on any atom is -0.491 e. The molecule has 0 unspecified atom stereocenters. The van der Waals surface area contributed by atoms with Crippen molar-refractivity contribution >= 4 is 11.9 Å². The number of para-hydroxylation sites is 1. The SMILES string of the molecule is O=C(O)CC1(NC(=O)COCCOc2ccccc2)CCOCC1. The van der Waals surface area contributed by atoms with Gasteiger partial charge in [0.2, 0.25) is 5.91 Å². The van der Waals surface area contributed by atoms with Crippen LogP contribution >= 0.6 is 0 Å². The molecule has 7 heteroatoms. The van der Waals surface area contributed by atoms with Crippen molar-refractivity contribution in [2.24, 2.45) is 0 Å². The highest BCUT2D eigenvalue weighted by Gasteiger charge is 2.36. The molecular weight excluding hydrogens is 314 g/mol. The quantitative estimate of drug-likeness (QED) is 0.658. The lowest BCUT2D eigenvalue weighted by Crippen LogP contribution is -2.54. The van der Waals surface area contributed by atoms with Crippen LogP contribution in [0.3, 0.4) is 0 Å². The normalized spacial score (nSPS) is 16.3. The van der Waals surface area contributed by atoms with E-state index in [2.05, 4.69) is 5.32 Å². The minimum atomic E-state index is -0.936. The fourth-order valence-corrected chi connectivity index (χ4v) is 2.63. The van der Waals surface area contributed by atoms with E-state index >= 15 is 0 Å². The Morgan fingerprint density at radius 3 is 2.54 bits per heavy atom. The van der Waals surface area contributed by atoms with Crippen molar-refractivity contribution in [3.63, 3.8) is 0 Å². The van der Waals surface area contributed by atoms with Gasteiger partial charge in [0.15, 0.2) is 0 Å². The molecule has 0 spiro atoms. The lowest BCUT2D eigenvalue weighted by Gasteiger charge is -2.36. The first-order valence-corrected chi connectivity index (χ1v) is 7.96. The summed E-state index contributed by atoms with van der Waals surface area (Å²) in [5, 5.41) is 11.9. The number of carboxylic acid groups (broad SMARTS) is 1. The number of carbonyl (C=O) groups excluding carboxylic acids is 1. The van der Waals surface area contributed by atoms with Crippen LogP contribution in [-0.2, 0) is 19.1 Å². The standard InChI is InChI=1S/C17H23NO6/c19-15(13-23-10-11-24-14-4-2-1-3-5-14)18-17(12-16(20)21)6-8-22-9-7-17/h1-5H,6-13H2,(H,18,19)(H,20,21). The molecule has 1 aliphatic heterocycles. The van der Waals surface area contributed by atoms with Crippen molar-refractivity contribution in [2.75, 3.05) is 33.0 Å². The maximum Gasteiger partial charge on any atom is 0.305 e. The summed E-state index contributed by atoms with van der Waals surface area (Å²) >= 11 is 0. The summed E-state index contributed by atoms with van der Waals surface area (Å²) in [6.07, 6.45) is 0.865. The number of hydrogen-bond donors (Lipinski definition) is 2. The van der Waals surface area contributed by atoms with Crippen molar-refractivity contribution in [3.05, 3.63) is 30.3 Å². The molecule has 0 bridgehead atoms. The van der Waals surface area contributed by atoms with Gasteiger partial charge in [-0.15, -0.1) is 0 Å². The highest BCUT2D eigenvalue weighted by molar-refractivity contribution is 5.79. The van der Waals surface area contributed by atoms with Crippen LogP contribution in [0.1, 0.15) is 19.3 Å². The fourth-order valence-electron chi connectivity index (χ4n) is 2.63. The van der Waals surface area contributed by atoms with Gasteiger partial charge in [0.05, 0.1) is 18.6 Å². The topological polar surface area (TPSA) is 94.1 Å². The van der Waals surface area contributed by atoms with Gasteiger partial charge in [0.1, 0.15) is 19.0 Å². The van der Waals surface area contributed by atoms with Crippen molar-refractivity contribution < 1.29 is 28.9 Å². The molecule has 24 heavy (non-hydrogen) atoms. The Morgan fingerprint density at radius 2 is 1.88 bits per heavy atom. The molecule has 0 aromatic heterocycles. The third kappa shape index (κ3) is 6.17. The number of amides is 1. The zero-order chi connectivity index (χ0) is 17.3. The van der Waals surface area contributed by atoms with Crippen molar-refractivity contribution in [1.29, 1.82) is 0 Å². The summed E-state index contributed by atoms with van der Waals surface area (Å²) < 4.78 is 16.0. The second kappa shape index (κ2) is 9.24. The Balaban J connectivity index is 1.68. The van der Waals surface area contributed by atoms with Gasteiger partial charge < -0.3 is 24.6 Å². The lowest BCUT2D eigenvalue weighted by atomic mass is 9.86. The number of rotatable bonds is 9. The number of hydrogen-bond acceptors (Lipinski definition) is 5. The van der Waals surface area contributed by atoms with E-state index in [1.54, 1.807) is 0 Å². The monoisotopic (exact) mass is 337 g/mol. The summed E-state index contributed by atoms with van der Waals surface area (Å²) in [7, 11) is 0. The van der Waals surface area contributed by atoms with E-state index in [0.29, 0.717) is 32.7 Å². The van der Waals surface area contributed by atoms with Gasteiger partial charge in [-0.3, -0.25) is 9.59 Å². The van der Waals surface area contributed by atoms with Gasteiger partial charge in [-0.1, -0.05) is 18.2 Å². The summed E-state index contributed by atoms with van der Waals surface area (Å²) in [5.74, 6) is -0.514. The molecule has 0 radical (unpaired) electrons. The maximum atomic E-state index is 12.0. The molecule has 1 amide bonds. The van der Waals surface area contributed by atoms with Crippen LogP contribution in [0.2, 0.25) is 0 Å². The predicted octanol–water partition coefficient (Wildman–Crippen LogP) is 1.22. The predicted molar refractivity (Wildman–Crippen MR) is 85.9 cm³/mol. The van der Waals surface area contributed by atoms with Crippen LogP contribution < -0.4 is 10.1 Å². The second-order valence-corrected chi connectivity index (χ2v) is 5.73. The van der Waals surface area contributed by atoms with E-state index in [1.165, 1.54) is 0 Å². The highest BCUT2D eigenvalue weighted by atomic mass is 16.5. The second-order valence-electron chi connectivity index (χ2n) is 5.73. The molecule has 7 nitrogen and oxygen atoms in total. The first kappa shape index (κ1) is 18.2. The van der Waals surface area contributed by atoms with Gasteiger partial charge in [-0.25, -0.2) is 0 Å². The zero-order valence-corrected chi connectivity index (χ0v) is 13.5. The molecule has 1 saturated heterocycles. The molecule has 1 aliphatic rings. The molecular formula is C17H23NO6. The van der Waals surface area contributed by atoms with Crippen LogP contribution in [0.5, 0.6) is 5.75 Å². The summed E-state index contributed by atoms with van der Waals surface area (Å²) in [5.41, 5.74) is -0.745. The molecule has 1 aromatic carbocycles. The number of carboxylic acids is 1. The van der Waals surface area contributed by atoms with E-state index in [4.69, 9.17) is 19.3 Å². The van der Waals surface area contributed by atoms with Crippen LogP contribution in [0, 0.1) is 0 Å². The van der Waals surface area contributed by atoms with Crippen molar-refractivity contribution in [3.8, 4) is 5.75 Å². The number of aliphatic carboxylic acids is 1. The van der Waals surface area contributed by atoms with E-state index in [-0.39, 0.29) is 25.5 Å². The van der Waals surface area contributed by atoms with Gasteiger partial charge in [0.25, 0.3) is 0 Å². The smallest absolute Gasteiger partial charge is 0.305 e. The number of nitrogens with one attached hydrogen (secondary N) is 1. The van der Waals surface area contributed by atoms with Gasteiger partial charge in [0, 0.05) is 13.2 Å².